The molecule has 0 aliphatic carbocycles. The number of carbonyl (C=O) groups is 1. The van der Waals surface area contributed by atoms with Crippen LogP contribution in [0.4, 0.5) is 0 Å². The molecule has 5 aromatic carbocycles. The number of amides is 1. The average molecular weight is 807 g/mol. The van der Waals surface area contributed by atoms with Crippen molar-refractivity contribution in [3.8, 4) is 11.4 Å². The Morgan fingerprint density at radius 2 is 1.54 bits per heavy atom. The van der Waals surface area contributed by atoms with E-state index in [1.165, 1.54) is 23.9 Å². The molecule has 1 aromatic heterocycles. The summed E-state index contributed by atoms with van der Waals surface area (Å²) < 4.78 is 43.9. The van der Waals surface area contributed by atoms with Crippen molar-refractivity contribution in [1.82, 2.24) is 30.2 Å². The van der Waals surface area contributed by atoms with Gasteiger partial charge in [-0.3, -0.25) is 4.79 Å². The molecule has 6 aromatic rings. The van der Waals surface area contributed by atoms with E-state index in [4.69, 9.17) is 9.47 Å². The number of tetrazole rings is 1. The number of carbonyl (C=O) groups excluding carboxylic acids is 1. The first-order valence-electron chi connectivity index (χ1n) is 18.3. The fourth-order valence-electron chi connectivity index (χ4n) is 6.33. The van der Waals surface area contributed by atoms with Crippen LogP contribution in [0.5, 0.6) is 5.75 Å². The summed E-state index contributed by atoms with van der Waals surface area (Å²) in [6.07, 6.45) is -0.549. The lowest BCUT2D eigenvalue weighted by atomic mass is 10.0. The topological polar surface area (TPSA) is 178 Å². The van der Waals surface area contributed by atoms with Crippen LogP contribution in [-0.4, -0.2) is 62.6 Å². The molecule has 4 N–H and O–H groups in total. The van der Waals surface area contributed by atoms with Crippen LogP contribution in [0, 0.1) is 6.92 Å². The molecule has 0 bridgehead atoms. The van der Waals surface area contributed by atoms with Crippen molar-refractivity contribution in [2.45, 2.75) is 67.5 Å². The van der Waals surface area contributed by atoms with E-state index >= 15 is 0 Å². The number of thioether (sulfide) groups is 1. The highest BCUT2D eigenvalue weighted by molar-refractivity contribution is 7.99. The smallest absolute Gasteiger partial charge is 0.241 e. The van der Waals surface area contributed by atoms with E-state index in [0.717, 1.165) is 33.4 Å². The van der Waals surface area contributed by atoms with Gasteiger partial charge in [0, 0.05) is 24.3 Å². The molecule has 2 heterocycles. The lowest BCUT2D eigenvalue weighted by Gasteiger charge is -2.36. The van der Waals surface area contributed by atoms with Crippen LogP contribution in [0.25, 0.3) is 5.69 Å². The van der Waals surface area contributed by atoms with Crippen LogP contribution in [-0.2, 0) is 43.9 Å². The third-order valence-electron chi connectivity index (χ3n) is 9.49. The van der Waals surface area contributed by atoms with Crippen molar-refractivity contribution in [3.05, 3.63) is 161 Å². The number of aliphatic hydroxyl groups excluding tert-OH is 1. The average Bonchev–Trinajstić information content (AvgIpc) is 3.71. The first-order valence-corrected chi connectivity index (χ1v) is 20.8. The SMILES string of the molecule is Cc1ccc(S(=O)(=O)N[C@H](Cc2ccccc2)C(=O)NCc2ccc([C@H]3O[C@@H](CSc4nnnn4-c4ccc(O)cc4)C[C@@H](c4ccc(CO)cc4)O3)cc2)cc1. The molecule has 1 aliphatic rings. The minimum absolute atomic E-state index is 0.0594. The monoisotopic (exact) mass is 806 g/mol. The number of aliphatic hydroxyl groups is 1. The largest absolute Gasteiger partial charge is 0.508 e. The van der Waals surface area contributed by atoms with Gasteiger partial charge in [0.1, 0.15) is 11.8 Å². The Kier molecular flexibility index (Phi) is 12.7. The van der Waals surface area contributed by atoms with Gasteiger partial charge < -0.3 is 25.0 Å². The van der Waals surface area contributed by atoms with Gasteiger partial charge in [-0.1, -0.05) is 108 Å². The fourth-order valence-corrected chi connectivity index (χ4v) is 8.43. The summed E-state index contributed by atoms with van der Waals surface area (Å²) >= 11 is 1.44. The maximum Gasteiger partial charge on any atom is 0.241 e. The first kappa shape index (κ1) is 39.8. The number of phenols is 1. The molecular weight excluding hydrogens is 765 g/mol. The molecule has 0 unspecified atom stereocenters. The highest BCUT2D eigenvalue weighted by Crippen LogP contribution is 2.39. The third-order valence-corrected chi connectivity index (χ3v) is 12.0. The Balaban J connectivity index is 1.04. The molecule has 7 rings (SSSR count). The maximum absolute atomic E-state index is 13.6. The summed E-state index contributed by atoms with van der Waals surface area (Å²) in [5.41, 5.74) is 5.77. The van der Waals surface area contributed by atoms with Gasteiger partial charge in [0.05, 0.1) is 29.4 Å². The van der Waals surface area contributed by atoms with Gasteiger partial charge in [-0.25, -0.2) is 8.42 Å². The Hall–Kier alpha value is -5.42. The minimum Gasteiger partial charge on any atom is -0.508 e. The number of sulfonamides is 1. The summed E-state index contributed by atoms with van der Waals surface area (Å²) in [5.74, 6) is 0.209. The Morgan fingerprint density at radius 3 is 2.25 bits per heavy atom. The number of hydrogen-bond acceptors (Lipinski definition) is 11. The predicted molar refractivity (Wildman–Crippen MR) is 214 cm³/mol. The highest BCUT2D eigenvalue weighted by atomic mass is 32.2. The normalized spacial score (nSPS) is 17.5. The molecule has 0 radical (unpaired) electrons. The second-order valence-corrected chi connectivity index (χ2v) is 16.4. The number of nitrogens with zero attached hydrogens (tertiary/aromatic N) is 4. The fraction of sp³-hybridized carbons (Fsp3) is 0.238. The van der Waals surface area contributed by atoms with Crippen molar-refractivity contribution >= 4 is 27.7 Å². The van der Waals surface area contributed by atoms with E-state index < -0.39 is 28.3 Å². The summed E-state index contributed by atoms with van der Waals surface area (Å²) in [7, 11) is -3.98. The number of ether oxygens (including phenoxy) is 2. The van der Waals surface area contributed by atoms with Crippen LogP contribution in [0.15, 0.2) is 137 Å². The van der Waals surface area contributed by atoms with Crippen LogP contribution >= 0.6 is 11.8 Å². The van der Waals surface area contributed by atoms with E-state index in [9.17, 15) is 23.4 Å². The quantitative estimate of drug-likeness (QED) is 0.0935. The molecule has 1 saturated heterocycles. The van der Waals surface area contributed by atoms with Gasteiger partial charge >= 0.3 is 0 Å². The molecule has 294 valence electrons. The zero-order chi connectivity index (χ0) is 39.8. The maximum atomic E-state index is 13.6. The second-order valence-electron chi connectivity index (χ2n) is 13.7. The molecule has 0 saturated carbocycles. The van der Waals surface area contributed by atoms with Crippen molar-refractivity contribution in [2.24, 2.45) is 0 Å². The summed E-state index contributed by atoms with van der Waals surface area (Å²) in [4.78, 5) is 13.7. The van der Waals surface area contributed by atoms with E-state index in [0.29, 0.717) is 23.0 Å². The molecular formula is C42H42N6O7S2. The first-order chi connectivity index (χ1) is 27.6. The number of nitrogens with one attached hydrogen (secondary N) is 2. The highest BCUT2D eigenvalue weighted by Gasteiger charge is 2.33. The van der Waals surface area contributed by atoms with Crippen molar-refractivity contribution in [1.29, 1.82) is 0 Å². The van der Waals surface area contributed by atoms with E-state index in [-0.39, 0.29) is 42.4 Å². The minimum atomic E-state index is -3.98. The number of rotatable bonds is 15. The second kappa shape index (κ2) is 18.2. The Bertz CT molecular complexity index is 2340. The van der Waals surface area contributed by atoms with Crippen LogP contribution in [0.3, 0.4) is 0 Å². The van der Waals surface area contributed by atoms with E-state index in [1.54, 1.807) is 41.1 Å². The standard InChI is InChI=1S/C42H42N6O7S2/c1-28-7-21-37(22-8-28)57(52,53)45-38(23-29-5-3-2-4-6-29)40(51)43-25-30-9-15-33(16-10-30)41-54-36(24-39(55-41)32-13-11-31(26-49)12-14-32)27-56-42-44-46-47-48(42)34-17-19-35(50)20-18-34/h2-22,36,38-39,41,45,49-50H,23-27H2,1H3,(H,43,51)/t36-,38-,39+,41+/m1/s1. The molecule has 13 nitrogen and oxygen atoms in total. The van der Waals surface area contributed by atoms with Gasteiger partial charge in [0.2, 0.25) is 21.1 Å². The lowest BCUT2D eigenvalue weighted by molar-refractivity contribution is -0.245. The zero-order valence-corrected chi connectivity index (χ0v) is 32.6. The van der Waals surface area contributed by atoms with Crippen LogP contribution in [0.2, 0.25) is 0 Å². The Morgan fingerprint density at radius 1 is 0.860 bits per heavy atom. The van der Waals surface area contributed by atoms with Gasteiger partial charge in [-0.15, -0.1) is 5.10 Å². The van der Waals surface area contributed by atoms with Gasteiger partial charge in [-0.2, -0.15) is 9.40 Å². The number of benzene rings is 5. The molecule has 15 heteroatoms. The van der Waals surface area contributed by atoms with Gasteiger partial charge in [0.25, 0.3) is 0 Å². The number of aryl methyl sites for hydroxylation is 1. The summed E-state index contributed by atoms with van der Waals surface area (Å²) in [6, 6.07) is 36.5. The van der Waals surface area contributed by atoms with Crippen LogP contribution < -0.4 is 10.0 Å². The summed E-state index contributed by atoms with van der Waals surface area (Å²) in [6.45, 7) is 1.98. The molecule has 1 fully saturated rings. The van der Waals surface area contributed by atoms with Gasteiger partial charge in [0.15, 0.2) is 6.29 Å². The number of phenolic OH excluding ortho intramolecular Hbond substituents is 1. The molecule has 1 aliphatic heterocycles. The predicted octanol–water partition coefficient (Wildman–Crippen LogP) is 5.71. The van der Waals surface area contributed by atoms with Crippen molar-refractivity contribution in [3.63, 3.8) is 0 Å². The number of aromatic nitrogens is 4. The zero-order valence-electron chi connectivity index (χ0n) is 31.0. The molecule has 1 amide bonds. The van der Waals surface area contributed by atoms with Crippen LogP contribution in [0.1, 0.15) is 52.2 Å². The number of aromatic hydroxyl groups is 1. The number of hydrogen-bond donors (Lipinski definition) is 4. The molecule has 4 atom stereocenters. The lowest BCUT2D eigenvalue weighted by Crippen LogP contribution is -2.47. The summed E-state index contributed by atoms with van der Waals surface area (Å²) in [5, 5.41) is 35.0. The van der Waals surface area contributed by atoms with E-state index in [1.807, 2.05) is 85.8 Å². The van der Waals surface area contributed by atoms with Crippen molar-refractivity contribution in [2.75, 3.05) is 5.75 Å². The molecule has 57 heavy (non-hydrogen) atoms. The molecule has 0 spiro atoms. The van der Waals surface area contributed by atoms with Crippen molar-refractivity contribution < 1.29 is 32.9 Å². The third kappa shape index (κ3) is 10.3. The van der Waals surface area contributed by atoms with Gasteiger partial charge in [-0.05, 0) is 82.4 Å². The Labute approximate surface area is 335 Å². The van der Waals surface area contributed by atoms with E-state index in [2.05, 4.69) is 25.6 Å².